The van der Waals surface area contributed by atoms with Crippen molar-refractivity contribution in [2.45, 2.75) is 39.7 Å². The van der Waals surface area contributed by atoms with E-state index in [2.05, 4.69) is 19.8 Å². The molecule has 4 aromatic rings. The van der Waals surface area contributed by atoms with Gasteiger partial charge in [-0.05, 0) is 69.2 Å². The number of hydrogen-bond acceptors (Lipinski definition) is 7. The molecule has 2 heterocycles. The van der Waals surface area contributed by atoms with E-state index in [1.165, 1.54) is 12.3 Å². The highest BCUT2D eigenvalue weighted by Crippen LogP contribution is 2.35. The number of fused-ring (bicyclic) bond motifs is 1. The quantitative estimate of drug-likeness (QED) is 0.321. The summed E-state index contributed by atoms with van der Waals surface area (Å²) in [4.78, 5) is 16.9. The van der Waals surface area contributed by atoms with Gasteiger partial charge in [0.25, 0.3) is 0 Å². The van der Waals surface area contributed by atoms with Gasteiger partial charge in [0, 0.05) is 23.5 Å². The smallest absolute Gasteiger partial charge is 0.228 e. The van der Waals surface area contributed by atoms with Gasteiger partial charge in [0.05, 0.1) is 29.4 Å². The second-order valence-electron chi connectivity index (χ2n) is 9.42. The third-order valence-electron chi connectivity index (χ3n) is 5.34. The summed E-state index contributed by atoms with van der Waals surface area (Å²) in [5.74, 6) is -0.415. The fourth-order valence-electron chi connectivity index (χ4n) is 3.69. The lowest BCUT2D eigenvalue weighted by Crippen LogP contribution is -2.22. The summed E-state index contributed by atoms with van der Waals surface area (Å²) >= 11 is 0. The first-order valence-corrected chi connectivity index (χ1v) is 12.8. The normalized spacial score (nSPS) is 12.6. The summed E-state index contributed by atoms with van der Waals surface area (Å²) in [6, 6.07) is 9.80. The van der Waals surface area contributed by atoms with Crippen LogP contribution in [0.25, 0.3) is 10.9 Å². The van der Waals surface area contributed by atoms with Crippen LogP contribution in [0, 0.1) is 12.7 Å². The van der Waals surface area contributed by atoms with E-state index in [-0.39, 0.29) is 23.6 Å². The molecule has 2 aromatic heterocycles. The highest BCUT2D eigenvalue weighted by atomic mass is 32.2. The van der Waals surface area contributed by atoms with Gasteiger partial charge in [0.15, 0.2) is 11.6 Å². The van der Waals surface area contributed by atoms with Gasteiger partial charge in [-0.2, -0.15) is 15.7 Å². The minimum absolute atomic E-state index is 0.00402. The van der Waals surface area contributed by atoms with Crippen LogP contribution < -0.4 is 10.1 Å². The van der Waals surface area contributed by atoms with Crippen LogP contribution >= 0.6 is 0 Å². The van der Waals surface area contributed by atoms with E-state index in [0.29, 0.717) is 39.2 Å². The lowest BCUT2D eigenvalue weighted by Gasteiger charge is -2.18. The lowest BCUT2D eigenvalue weighted by atomic mass is 10.1. The number of anilines is 1. The number of rotatable bonds is 6. The first kappa shape index (κ1) is 25.3. The maximum absolute atomic E-state index is 15.1. The summed E-state index contributed by atoms with van der Waals surface area (Å²) in [6.07, 6.45) is 6.39. The number of halogens is 1. The van der Waals surface area contributed by atoms with Crippen LogP contribution in [0.5, 0.6) is 11.5 Å². The Morgan fingerprint density at radius 3 is 2.67 bits per heavy atom. The van der Waals surface area contributed by atoms with Gasteiger partial charge in [-0.15, -0.1) is 6.26 Å². The van der Waals surface area contributed by atoms with Crippen molar-refractivity contribution in [3.63, 3.8) is 0 Å². The zero-order valence-electron chi connectivity index (χ0n) is 20.7. The Morgan fingerprint density at radius 1 is 1.22 bits per heavy atom. The average Bonchev–Trinajstić information content (AvgIpc) is 3.25. The summed E-state index contributed by atoms with van der Waals surface area (Å²) in [6.45, 7) is 7.75. The molecule has 0 unspecified atom stereocenters. The number of benzene rings is 2. The number of amides is 1. The Kier molecular flexibility index (Phi) is 7.07. The van der Waals surface area contributed by atoms with Crippen LogP contribution in [0.2, 0.25) is 0 Å². The predicted octanol–water partition coefficient (Wildman–Crippen LogP) is 6.02. The van der Waals surface area contributed by atoms with E-state index in [0.717, 1.165) is 0 Å². The average molecular weight is 509 g/mol. The minimum atomic E-state index is -1.37. The number of carbonyl (C=O) groups is 1. The Morgan fingerprint density at radius 2 is 2.00 bits per heavy atom. The molecule has 0 saturated carbocycles. The summed E-state index contributed by atoms with van der Waals surface area (Å²) in [5.41, 5.74) is 2.57. The van der Waals surface area contributed by atoms with Crippen molar-refractivity contribution in [1.29, 1.82) is 0 Å². The second kappa shape index (κ2) is 10.1. The van der Waals surface area contributed by atoms with Crippen molar-refractivity contribution in [2.75, 3.05) is 11.6 Å². The third-order valence-corrected chi connectivity index (χ3v) is 5.81. The molecule has 0 fully saturated rings. The van der Waals surface area contributed by atoms with Crippen LogP contribution in [0.4, 0.5) is 15.8 Å². The summed E-state index contributed by atoms with van der Waals surface area (Å²) in [5, 5.41) is 7.68. The number of hydrogen-bond donors (Lipinski definition) is 1. The van der Waals surface area contributed by atoms with Crippen molar-refractivity contribution in [3.8, 4) is 11.5 Å². The number of nitrogens with one attached hydrogen (secondary N) is 1. The molecule has 10 heteroatoms. The fraction of sp³-hybridized carbons (Fsp3) is 0.269. The van der Waals surface area contributed by atoms with E-state index in [9.17, 15) is 9.00 Å². The number of aromatic nitrogens is 3. The molecule has 0 aliphatic rings. The number of nitrogens with zero attached hydrogens (tertiary/aromatic N) is 4. The Balaban J connectivity index is 1.54. The van der Waals surface area contributed by atoms with Gasteiger partial charge in [0.1, 0.15) is 5.75 Å². The highest BCUT2D eigenvalue weighted by molar-refractivity contribution is 7.74. The van der Waals surface area contributed by atoms with E-state index in [1.807, 2.05) is 20.8 Å². The molecule has 0 radical (unpaired) electrons. The molecule has 1 amide bonds. The standard InChI is InChI=1S/C26H27FN5O3S/c1-16-10-17(12-24(33)30-19-14-29-32(15-19)26(2,3)4)11-21(27)25(16)35-23-8-9-28-22-7-6-18(13-20(22)23)31-36(5)34/h6-11,13-15H,12H2,1-5H3,(H,30,33)/q-1. The molecule has 188 valence electrons. The van der Waals surface area contributed by atoms with E-state index < -0.39 is 16.4 Å². The molecule has 0 atom stereocenters. The molecule has 0 spiro atoms. The minimum Gasteiger partial charge on any atom is -0.453 e. The van der Waals surface area contributed by atoms with Crippen LogP contribution in [0.3, 0.4) is 0 Å². The molecule has 8 nitrogen and oxygen atoms in total. The summed E-state index contributed by atoms with van der Waals surface area (Å²) < 4.78 is 38.4. The monoisotopic (exact) mass is 508 g/mol. The maximum atomic E-state index is 15.1. The van der Waals surface area contributed by atoms with Gasteiger partial charge < -0.3 is 18.6 Å². The fourth-order valence-corrected chi connectivity index (χ4v) is 4.10. The molecule has 0 saturated heterocycles. The van der Waals surface area contributed by atoms with E-state index in [1.54, 1.807) is 60.5 Å². The number of aryl methyl sites for hydroxylation is 1. The molecule has 2 aromatic carbocycles. The zero-order valence-corrected chi connectivity index (χ0v) is 21.5. The van der Waals surface area contributed by atoms with Gasteiger partial charge in [-0.1, -0.05) is 6.07 Å². The molecule has 0 aliphatic heterocycles. The predicted molar refractivity (Wildman–Crippen MR) is 139 cm³/mol. The van der Waals surface area contributed by atoms with Gasteiger partial charge in [0.2, 0.25) is 5.91 Å². The van der Waals surface area contributed by atoms with Crippen molar-refractivity contribution >= 4 is 38.8 Å². The topological polar surface area (TPSA) is 98.5 Å². The molecule has 4 rings (SSSR count). The number of ether oxygens (including phenoxy) is 1. The van der Waals surface area contributed by atoms with Crippen molar-refractivity contribution in [3.05, 3.63) is 71.9 Å². The van der Waals surface area contributed by atoms with Crippen molar-refractivity contribution in [2.24, 2.45) is 4.36 Å². The molecular weight excluding hydrogens is 481 g/mol. The van der Waals surface area contributed by atoms with Crippen LogP contribution in [-0.4, -0.2) is 26.9 Å². The second-order valence-corrected chi connectivity index (χ2v) is 10.5. The number of carbonyl (C=O) groups excluding carboxylic acids is 1. The Bertz CT molecular complexity index is 1510. The van der Waals surface area contributed by atoms with Crippen molar-refractivity contribution < 1.29 is 18.1 Å². The summed E-state index contributed by atoms with van der Waals surface area (Å²) in [7, 11) is -1.37. The Labute approximate surface area is 210 Å². The zero-order chi connectivity index (χ0) is 26.0. The highest BCUT2D eigenvalue weighted by Gasteiger charge is 2.17. The van der Waals surface area contributed by atoms with Crippen molar-refractivity contribution in [1.82, 2.24) is 14.8 Å². The Hall–Kier alpha value is -3.79. The molecular formula is C26H27FN5O3S-. The van der Waals surface area contributed by atoms with Gasteiger partial charge in [-0.3, -0.25) is 14.5 Å². The van der Waals surface area contributed by atoms with E-state index in [4.69, 9.17) is 4.74 Å². The molecule has 1 N–H and O–H groups in total. The van der Waals surface area contributed by atoms with Crippen LogP contribution in [0.15, 0.2) is 59.4 Å². The number of pyridine rings is 1. The molecule has 0 bridgehead atoms. The van der Waals surface area contributed by atoms with Crippen LogP contribution in [-0.2, 0) is 31.6 Å². The lowest BCUT2D eigenvalue weighted by molar-refractivity contribution is -0.115. The van der Waals surface area contributed by atoms with Gasteiger partial charge >= 0.3 is 0 Å². The molecule has 0 aliphatic carbocycles. The first-order valence-electron chi connectivity index (χ1n) is 11.3. The van der Waals surface area contributed by atoms with Gasteiger partial charge in [-0.25, -0.2) is 4.39 Å². The largest absolute Gasteiger partial charge is 0.453 e. The van der Waals surface area contributed by atoms with E-state index >= 15 is 4.39 Å². The molecule has 36 heavy (non-hydrogen) atoms. The maximum Gasteiger partial charge on any atom is 0.228 e. The SMILES string of the molecule is Cc1cc(CC(=O)Nc2cnn(C(C)(C)C)c2)cc(F)c1Oc1ccnc2ccc(N=[S-](C)=O)cc12. The third kappa shape index (κ3) is 5.88. The van der Waals surface area contributed by atoms with Crippen LogP contribution in [0.1, 0.15) is 31.9 Å². The first-order chi connectivity index (χ1) is 17.0.